The molecular formula is C12H13NO5. The number of hydroxylamine groups is 2. The second kappa shape index (κ2) is 5.16. The first-order chi connectivity index (χ1) is 8.58. The minimum atomic E-state index is -1.12. The van der Waals surface area contributed by atoms with Crippen LogP contribution in [0.1, 0.15) is 16.8 Å². The number of benzene rings is 1. The lowest BCUT2D eigenvalue weighted by Gasteiger charge is -2.19. The summed E-state index contributed by atoms with van der Waals surface area (Å²) in [6.45, 7) is 0.00946. The molecule has 96 valence electrons. The molecule has 1 heterocycles. The van der Waals surface area contributed by atoms with Gasteiger partial charge in [0.2, 0.25) is 0 Å². The van der Waals surface area contributed by atoms with E-state index >= 15 is 0 Å². The number of carboxylic acids is 1. The number of hydrogen-bond donors (Lipinski definition) is 2. The van der Waals surface area contributed by atoms with E-state index in [1.165, 1.54) is 0 Å². The van der Waals surface area contributed by atoms with Crippen LogP contribution in [0.5, 0.6) is 0 Å². The van der Waals surface area contributed by atoms with Crippen molar-refractivity contribution in [2.45, 2.75) is 18.6 Å². The lowest BCUT2D eigenvalue weighted by Crippen LogP contribution is -2.37. The number of carbonyl (C=O) groups is 2. The molecule has 1 aromatic carbocycles. The van der Waals surface area contributed by atoms with E-state index in [2.05, 4.69) is 0 Å². The van der Waals surface area contributed by atoms with Crippen LogP contribution in [0, 0.1) is 0 Å². The third-order valence-electron chi connectivity index (χ3n) is 2.73. The third-order valence-corrected chi connectivity index (χ3v) is 2.73. The maximum absolute atomic E-state index is 11.7. The van der Waals surface area contributed by atoms with Gasteiger partial charge in [0.25, 0.3) is 0 Å². The van der Waals surface area contributed by atoms with E-state index in [-0.39, 0.29) is 13.0 Å². The van der Waals surface area contributed by atoms with Crippen LogP contribution in [-0.4, -0.2) is 45.9 Å². The van der Waals surface area contributed by atoms with E-state index in [1.54, 1.807) is 30.3 Å². The number of aliphatic carboxylic acids is 1. The Balaban J connectivity index is 2.05. The fraction of sp³-hybridized carbons (Fsp3) is 0.333. The van der Waals surface area contributed by atoms with Crippen LogP contribution in [0.2, 0.25) is 0 Å². The monoisotopic (exact) mass is 251 g/mol. The van der Waals surface area contributed by atoms with Crippen LogP contribution in [0.25, 0.3) is 0 Å². The van der Waals surface area contributed by atoms with Crippen LogP contribution in [-0.2, 0) is 9.63 Å². The zero-order chi connectivity index (χ0) is 13.1. The number of nitrogens with zero attached hydrogens (tertiary/aromatic N) is 1. The zero-order valence-electron chi connectivity index (χ0n) is 9.52. The number of β-amino-alcohol motifs (C(OH)–C–C–N with tert-alkyl or cyclic N) is 1. The molecule has 0 amide bonds. The highest BCUT2D eigenvalue weighted by Gasteiger charge is 2.38. The summed E-state index contributed by atoms with van der Waals surface area (Å²) < 4.78 is 0. The molecule has 1 saturated heterocycles. The average molecular weight is 251 g/mol. The molecule has 18 heavy (non-hydrogen) atoms. The number of hydrogen-bond acceptors (Lipinski definition) is 5. The Bertz CT molecular complexity index is 447. The maximum atomic E-state index is 11.7. The molecule has 0 spiro atoms. The van der Waals surface area contributed by atoms with Gasteiger partial charge < -0.3 is 15.1 Å². The number of aliphatic hydroxyl groups excluding tert-OH is 1. The highest BCUT2D eigenvalue weighted by atomic mass is 16.7. The molecule has 2 N–H and O–H groups in total. The Kier molecular flexibility index (Phi) is 3.59. The van der Waals surface area contributed by atoms with Crippen molar-refractivity contribution in [3.8, 4) is 0 Å². The quantitative estimate of drug-likeness (QED) is 0.802. The Morgan fingerprint density at radius 3 is 2.56 bits per heavy atom. The molecule has 0 bridgehead atoms. The van der Waals surface area contributed by atoms with Crippen LogP contribution >= 0.6 is 0 Å². The molecule has 6 heteroatoms. The maximum Gasteiger partial charge on any atom is 0.357 e. The van der Waals surface area contributed by atoms with Gasteiger partial charge in [-0.25, -0.2) is 4.79 Å². The van der Waals surface area contributed by atoms with E-state index < -0.39 is 24.1 Å². The van der Waals surface area contributed by atoms with Gasteiger partial charge in [-0.1, -0.05) is 18.2 Å². The summed E-state index contributed by atoms with van der Waals surface area (Å²) in [6, 6.07) is 7.28. The number of carbonyl (C=O) groups excluding carboxylic acids is 1. The molecule has 2 atom stereocenters. The van der Waals surface area contributed by atoms with Crippen molar-refractivity contribution in [2.75, 3.05) is 6.54 Å². The van der Waals surface area contributed by atoms with Gasteiger partial charge in [-0.2, -0.15) is 0 Å². The van der Waals surface area contributed by atoms with Crippen molar-refractivity contribution >= 4 is 11.9 Å². The van der Waals surface area contributed by atoms with E-state index in [0.717, 1.165) is 5.06 Å². The minimum Gasteiger partial charge on any atom is -0.480 e. The average Bonchev–Trinajstić information content (AvgIpc) is 2.71. The lowest BCUT2D eigenvalue weighted by molar-refractivity contribution is -0.163. The van der Waals surface area contributed by atoms with Gasteiger partial charge in [0, 0.05) is 6.42 Å². The molecule has 1 fully saturated rings. The Morgan fingerprint density at radius 2 is 1.94 bits per heavy atom. The van der Waals surface area contributed by atoms with Gasteiger partial charge in [-0.15, -0.1) is 5.06 Å². The van der Waals surface area contributed by atoms with Crippen LogP contribution in [0.3, 0.4) is 0 Å². The van der Waals surface area contributed by atoms with Gasteiger partial charge in [0.15, 0.2) is 0 Å². The van der Waals surface area contributed by atoms with Crippen molar-refractivity contribution in [2.24, 2.45) is 0 Å². The molecule has 0 saturated carbocycles. The highest BCUT2D eigenvalue weighted by Crippen LogP contribution is 2.19. The van der Waals surface area contributed by atoms with Gasteiger partial charge in [-0.05, 0) is 12.1 Å². The first kappa shape index (κ1) is 12.5. The second-order valence-electron chi connectivity index (χ2n) is 4.09. The summed E-state index contributed by atoms with van der Waals surface area (Å²) in [4.78, 5) is 27.7. The first-order valence-electron chi connectivity index (χ1n) is 5.53. The first-order valence-corrected chi connectivity index (χ1v) is 5.53. The van der Waals surface area contributed by atoms with Crippen molar-refractivity contribution in [1.82, 2.24) is 5.06 Å². The van der Waals surface area contributed by atoms with Crippen LogP contribution < -0.4 is 0 Å². The summed E-state index contributed by atoms with van der Waals surface area (Å²) >= 11 is 0. The smallest absolute Gasteiger partial charge is 0.357 e. The predicted octanol–water partition coefficient (Wildman–Crippen LogP) is 0.278. The van der Waals surface area contributed by atoms with Crippen molar-refractivity contribution in [3.05, 3.63) is 35.9 Å². The molecular weight excluding hydrogens is 238 g/mol. The second-order valence-corrected chi connectivity index (χ2v) is 4.09. The molecule has 1 aromatic rings. The molecule has 1 aliphatic rings. The molecule has 1 unspecified atom stereocenters. The third kappa shape index (κ3) is 2.66. The van der Waals surface area contributed by atoms with E-state index in [9.17, 15) is 14.7 Å². The topological polar surface area (TPSA) is 87.1 Å². The van der Waals surface area contributed by atoms with E-state index in [4.69, 9.17) is 9.94 Å². The number of carboxylic acid groups (broad SMARTS) is 1. The van der Waals surface area contributed by atoms with E-state index in [0.29, 0.717) is 5.56 Å². The van der Waals surface area contributed by atoms with Gasteiger partial charge in [0.1, 0.15) is 6.04 Å². The Morgan fingerprint density at radius 1 is 1.28 bits per heavy atom. The molecule has 6 nitrogen and oxygen atoms in total. The van der Waals surface area contributed by atoms with Gasteiger partial charge in [0.05, 0.1) is 18.2 Å². The minimum absolute atomic E-state index is 0.00946. The Hall–Kier alpha value is -1.92. The number of rotatable bonds is 3. The van der Waals surface area contributed by atoms with Gasteiger partial charge >= 0.3 is 11.9 Å². The van der Waals surface area contributed by atoms with Crippen molar-refractivity contribution in [3.63, 3.8) is 0 Å². The lowest BCUT2D eigenvalue weighted by atomic mass is 10.2. The standard InChI is InChI=1S/C12H13NO5/c14-9-6-10(11(15)16)13(7-9)18-12(17)8-4-2-1-3-5-8/h1-5,9-10,14H,6-7H2,(H,15,16)/t9?,10-/m1/s1. The fourth-order valence-corrected chi connectivity index (χ4v) is 1.84. The number of aliphatic hydroxyl groups is 1. The SMILES string of the molecule is O=C(ON1CC(O)C[C@@H]1C(=O)O)c1ccccc1. The molecule has 2 rings (SSSR count). The van der Waals surface area contributed by atoms with Crippen LogP contribution in [0.15, 0.2) is 30.3 Å². The highest BCUT2D eigenvalue weighted by molar-refractivity contribution is 5.89. The summed E-state index contributed by atoms with van der Waals surface area (Å²) in [6.07, 6.45) is -0.744. The van der Waals surface area contributed by atoms with Crippen molar-refractivity contribution < 1.29 is 24.6 Å². The van der Waals surface area contributed by atoms with Gasteiger partial charge in [-0.3, -0.25) is 4.79 Å². The summed E-state index contributed by atoms with van der Waals surface area (Å²) in [5.74, 6) is -1.75. The summed E-state index contributed by atoms with van der Waals surface area (Å²) in [5, 5.41) is 19.4. The predicted molar refractivity (Wildman–Crippen MR) is 60.6 cm³/mol. The molecule has 0 aliphatic carbocycles. The summed E-state index contributed by atoms with van der Waals surface area (Å²) in [5.41, 5.74) is 0.336. The summed E-state index contributed by atoms with van der Waals surface area (Å²) in [7, 11) is 0. The zero-order valence-corrected chi connectivity index (χ0v) is 9.52. The van der Waals surface area contributed by atoms with Crippen molar-refractivity contribution in [1.29, 1.82) is 0 Å². The Labute approximate surface area is 103 Å². The largest absolute Gasteiger partial charge is 0.480 e. The molecule has 0 aromatic heterocycles. The normalized spacial score (nSPS) is 23.8. The molecule has 1 aliphatic heterocycles. The fourth-order valence-electron chi connectivity index (χ4n) is 1.84. The van der Waals surface area contributed by atoms with Crippen LogP contribution in [0.4, 0.5) is 0 Å². The molecule has 0 radical (unpaired) electrons. The van der Waals surface area contributed by atoms with E-state index in [1.807, 2.05) is 0 Å².